The van der Waals surface area contributed by atoms with Crippen molar-refractivity contribution < 1.29 is 23.5 Å². The van der Waals surface area contributed by atoms with Crippen LogP contribution in [0, 0.1) is 5.82 Å². The highest BCUT2D eigenvalue weighted by Gasteiger charge is 2.19. The summed E-state index contributed by atoms with van der Waals surface area (Å²) in [5, 5.41) is 0.0539. The van der Waals surface area contributed by atoms with Gasteiger partial charge in [-0.05, 0) is 35.8 Å². The molecule has 0 spiro atoms. The lowest BCUT2D eigenvalue weighted by atomic mass is 10.00. The van der Waals surface area contributed by atoms with Gasteiger partial charge < -0.3 is 14.4 Å². The van der Waals surface area contributed by atoms with Crippen LogP contribution in [0.25, 0.3) is 5.57 Å². The minimum absolute atomic E-state index is 0.0539. The van der Waals surface area contributed by atoms with E-state index in [0.29, 0.717) is 13.1 Å². The zero-order valence-electron chi connectivity index (χ0n) is 15.1. The van der Waals surface area contributed by atoms with E-state index in [1.54, 1.807) is 4.90 Å². The van der Waals surface area contributed by atoms with E-state index in [9.17, 15) is 14.0 Å². The summed E-state index contributed by atoms with van der Waals surface area (Å²) in [4.78, 5) is 25.6. The molecule has 28 heavy (non-hydrogen) atoms. The zero-order valence-corrected chi connectivity index (χ0v) is 15.8. The zero-order chi connectivity index (χ0) is 19.9. The molecule has 0 bridgehead atoms. The van der Waals surface area contributed by atoms with Gasteiger partial charge in [-0.2, -0.15) is 0 Å². The Morgan fingerprint density at radius 1 is 1.11 bits per heavy atom. The van der Waals surface area contributed by atoms with Crippen molar-refractivity contribution in [2.24, 2.45) is 0 Å². The monoisotopic (exact) mass is 403 g/mol. The molecule has 1 amide bonds. The molecule has 1 aliphatic heterocycles. The number of carbonyl (C=O) groups excluding carboxylic acids is 2. The largest absolute Gasteiger partial charge is 0.480 e. The molecule has 1 aliphatic rings. The van der Waals surface area contributed by atoms with Crippen molar-refractivity contribution in [3.63, 3.8) is 0 Å². The summed E-state index contributed by atoms with van der Waals surface area (Å²) in [5.74, 6) is -1.31. The summed E-state index contributed by atoms with van der Waals surface area (Å²) in [6.45, 7) is 0.269. The van der Waals surface area contributed by atoms with Gasteiger partial charge >= 0.3 is 5.97 Å². The first kappa shape index (κ1) is 19.9. The van der Waals surface area contributed by atoms with Gasteiger partial charge in [0.05, 0.1) is 5.02 Å². The van der Waals surface area contributed by atoms with Crippen molar-refractivity contribution in [1.82, 2.24) is 4.90 Å². The second kappa shape index (κ2) is 9.37. The Labute approximate surface area is 167 Å². The first-order valence-electron chi connectivity index (χ1n) is 8.78. The fraction of sp³-hybridized carbons (Fsp3) is 0.238. The van der Waals surface area contributed by atoms with Crippen molar-refractivity contribution in [2.45, 2.75) is 6.42 Å². The molecule has 0 radical (unpaired) electrons. The lowest BCUT2D eigenvalue weighted by Gasteiger charge is -2.26. The summed E-state index contributed by atoms with van der Waals surface area (Å²) >= 11 is 5.81. The maximum absolute atomic E-state index is 13.0. The Morgan fingerprint density at radius 3 is 2.57 bits per heavy atom. The number of amides is 1. The fourth-order valence-corrected chi connectivity index (χ4v) is 3.04. The molecule has 0 fully saturated rings. The SMILES string of the molecule is O=C(COc1ccc(F)cc1Cl)OCC(=O)N1CC=C(c2ccccc2)CC1. The third-order valence-corrected chi connectivity index (χ3v) is 4.60. The van der Waals surface area contributed by atoms with Crippen LogP contribution in [-0.4, -0.2) is 43.1 Å². The number of hydrogen-bond donors (Lipinski definition) is 0. The molecule has 1 heterocycles. The van der Waals surface area contributed by atoms with E-state index in [2.05, 4.69) is 0 Å². The molecule has 3 rings (SSSR count). The third kappa shape index (κ3) is 5.33. The van der Waals surface area contributed by atoms with Crippen molar-refractivity contribution >= 4 is 29.1 Å². The maximum atomic E-state index is 13.0. The molecular formula is C21H19ClFNO4. The van der Waals surface area contributed by atoms with Gasteiger partial charge in [0.1, 0.15) is 11.6 Å². The molecule has 146 valence electrons. The Balaban J connectivity index is 1.43. The quantitative estimate of drug-likeness (QED) is 0.690. The number of hydrogen-bond acceptors (Lipinski definition) is 4. The first-order valence-corrected chi connectivity index (χ1v) is 9.16. The van der Waals surface area contributed by atoms with Gasteiger partial charge in [0.25, 0.3) is 5.91 Å². The van der Waals surface area contributed by atoms with Crippen molar-refractivity contribution in [3.8, 4) is 5.75 Å². The number of ether oxygens (including phenoxy) is 2. The molecule has 0 N–H and O–H groups in total. The van der Waals surface area contributed by atoms with Gasteiger partial charge in [0.2, 0.25) is 0 Å². The van der Waals surface area contributed by atoms with Crippen LogP contribution >= 0.6 is 11.6 Å². The van der Waals surface area contributed by atoms with Gasteiger partial charge in [0.15, 0.2) is 13.2 Å². The molecule has 5 nitrogen and oxygen atoms in total. The molecule has 0 saturated heterocycles. The molecule has 7 heteroatoms. The molecule has 0 atom stereocenters. The van der Waals surface area contributed by atoms with E-state index in [1.807, 2.05) is 36.4 Å². The molecule has 2 aromatic rings. The van der Waals surface area contributed by atoms with Crippen LogP contribution in [0.2, 0.25) is 5.02 Å². The van der Waals surface area contributed by atoms with Crippen molar-refractivity contribution in [3.05, 3.63) is 71.0 Å². The molecular weight excluding hydrogens is 385 g/mol. The van der Waals surface area contributed by atoms with Crippen LogP contribution in [0.4, 0.5) is 4.39 Å². The average molecular weight is 404 g/mol. The van der Waals surface area contributed by atoms with Crippen LogP contribution < -0.4 is 4.74 Å². The number of halogens is 2. The van der Waals surface area contributed by atoms with Crippen LogP contribution in [0.5, 0.6) is 5.75 Å². The highest BCUT2D eigenvalue weighted by molar-refractivity contribution is 6.32. The Kier molecular flexibility index (Phi) is 6.66. The van der Waals surface area contributed by atoms with Crippen molar-refractivity contribution in [2.75, 3.05) is 26.3 Å². The van der Waals surface area contributed by atoms with E-state index >= 15 is 0 Å². The Bertz CT molecular complexity index is 885. The molecule has 0 aliphatic carbocycles. The second-order valence-electron chi connectivity index (χ2n) is 6.21. The summed E-state index contributed by atoms with van der Waals surface area (Å²) in [6.07, 6.45) is 2.76. The predicted octanol–water partition coefficient (Wildman–Crippen LogP) is 3.72. The van der Waals surface area contributed by atoms with Crippen LogP contribution in [-0.2, 0) is 14.3 Å². The summed E-state index contributed by atoms with van der Waals surface area (Å²) in [6, 6.07) is 13.6. The summed E-state index contributed by atoms with van der Waals surface area (Å²) < 4.78 is 23.1. The lowest BCUT2D eigenvalue weighted by molar-refractivity contribution is -0.153. The smallest absolute Gasteiger partial charge is 0.344 e. The van der Waals surface area contributed by atoms with Crippen LogP contribution in [0.1, 0.15) is 12.0 Å². The van der Waals surface area contributed by atoms with Crippen molar-refractivity contribution in [1.29, 1.82) is 0 Å². The van der Waals surface area contributed by atoms with Gasteiger partial charge in [-0.15, -0.1) is 0 Å². The van der Waals surface area contributed by atoms with E-state index in [4.69, 9.17) is 21.1 Å². The van der Waals surface area contributed by atoms with Crippen LogP contribution in [0.3, 0.4) is 0 Å². The number of benzene rings is 2. The average Bonchev–Trinajstić information content (AvgIpc) is 2.72. The van der Waals surface area contributed by atoms with Gasteiger partial charge in [-0.25, -0.2) is 9.18 Å². The second-order valence-corrected chi connectivity index (χ2v) is 6.62. The summed E-state index contributed by atoms with van der Waals surface area (Å²) in [7, 11) is 0. The minimum Gasteiger partial charge on any atom is -0.480 e. The number of nitrogens with zero attached hydrogens (tertiary/aromatic N) is 1. The highest BCUT2D eigenvalue weighted by Crippen LogP contribution is 2.25. The normalized spacial score (nSPS) is 13.6. The molecule has 0 saturated carbocycles. The van der Waals surface area contributed by atoms with E-state index < -0.39 is 18.4 Å². The lowest BCUT2D eigenvalue weighted by Crippen LogP contribution is -2.38. The predicted molar refractivity (Wildman–Crippen MR) is 103 cm³/mol. The van der Waals surface area contributed by atoms with Gasteiger partial charge in [0, 0.05) is 13.1 Å². The topological polar surface area (TPSA) is 55.8 Å². The van der Waals surface area contributed by atoms with E-state index in [-0.39, 0.29) is 23.3 Å². The Hall–Kier alpha value is -2.86. The first-order chi connectivity index (χ1) is 13.5. The van der Waals surface area contributed by atoms with Crippen LogP contribution in [0.15, 0.2) is 54.6 Å². The molecule has 0 aromatic heterocycles. The minimum atomic E-state index is -0.703. The van der Waals surface area contributed by atoms with E-state index in [0.717, 1.165) is 18.1 Å². The number of carbonyl (C=O) groups is 2. The summed E-state index contributed by atoms with van der Waals surface area (Å²) in [5.41, 5.74) is 2.35. The maximum Gasteiger partial charge on any atom is 0.344 e. The van der Waals surface area contributed by atoms with E-state index in [1.165, 1.54) is 17.7 Å². The molecule has 0 unspecified atom stereocenters. The highest BCUT2D eigenvalue weighted by atomic mass is 35.5. The number of rotatable bonds is 6. The Morgan fingerprint density at radius 2 is 1.89 bits per heavy atom. The molecule has 2 aromatic carbocycles. The fourth-order valence-electron chi connectivity index (χ4n) is 2.81. The van der Waals surface area contributed by atoms with Gasteiger partial charge in [-0.3, -0.25) is 4.79 Å². The third-order valence-electron chi connectivity index (χ3n) is 4.30. The standard InChI is InChI=1S/C21H19ClFNO4/c22-18-12-17(23)6-7-19(18)27-14-21(26)28-13-20(25)24-10-8-16(9-11-24)15-4-2-1-3-5-15/h1-8,12H,9-11,13-14H2. The number of esters is 1. The van der Waals surface area contributed by atoms with Gasteiger partial charge in [-0.1, -0.05) is 48.0 Å².